The van der Waals surface area contributed by atoms with Crippen LogP contribution in [-0.4, -0.2) is 11.0 Å². The Balaban J connectivity index is 1.69. The normalized spacial score (nSPS) is 10.9. The van der Waals surface area contributed by atoms with Crippen molar-refractivity contribution >= 4 is 17.1 Å². The van der Waals surface area contributed by atoms with E-state index in [0.29, 0.717) is 23.6 Å². The topological polar surface area (TPSA) is 52.3 Å². The first-order chi connectivity index (χ1) is 12.3. The third kappa shape index (κ3) is 4.47. The van der Waals surface area contributed by atoms with Gasteiger partial charge in [-0.15, -0.1) is 0 Å². The van der Waals surface area contributed by atoms with Crippen LogP contribution in [0, 0.1) is 0 Å². The summed E-state index contributed by atoms with van der Waals surface area (Å²) in [5.41, 5.74) is 2.20. The number of benzene rings is 2. The maximum Gasteiger partial charge on any atom is 0.311 e. The van der Waals surface area contributed by atoms with Crippen LogP contribution in [0.25, 0.3) is 22.6 Å². The first-order valence-corrected chi connectivity index (χ1v) is 8.93. The van der Waals surface area contributed by atoms with Gasteiger partial charge < -0.3 is 9.15 Å². The fraction of sp³-hybridized carbons (Fsp3) is 0.333. The van der Waals surface area contributed by atoms with Gasteiger partial charge in [0.25, 0.3) is 0 Å². The molecule has 3 aromatic rings. The van der Waals surface area contributed by atoms with Crippen LogP contribution in [0.5, 0.6) is 5.75 Å². The van der Waals surface area contributed by atoms with E-state index in [1.54, 1.807) is 6.07 Å². The summed E-state index contributed by atoms with van der Waals surface area (Å²) in [4.78, 5) is 16.6. The summed E-state index contributed by atoms with van der Waals surface area (Å²) in [7, 11) is 0. The third-order valence-electron chi connectivity index (χ3n) is 4.12. The molecule has 0 N–H and O–H groups in total. The summed E-state index contributed by atoms with van der Waals surface area (Å²) in [6, 6.07) is 14.9. The Hall–Kier alpha value is -2.62. The summed E-state index contributed by atoms with van der Waals surface area (Å²) in [5, 5.41) is 0. The standard InChI is InChI=1S/C21H23NO3/c1-2-3-4-5-6-15-20(23)24-18-13-9-7-11-16(18)21-22-17-12-8-10-14-19(17)25-21/h7-14H,2-6,15H2,1H3. The molecule has 3 rings (SSSR count). The molecule has 0 aliphatic heterocycles. The number of rotatable bonds is 8. The zero-order valence-corrected chi connectivity index (χ0v) is 14.5. The Morgan fingerprint density at radius 2 is 1.76 bits per heavy atom. The summed E-state index contributed by atoms with van der Waals surface area (Å²) in [6.45, 7) is 2.18. The van der Waals surface area contributed by atoms with Crippen molar-refractivity contribution in [3.63, 3.8) is 0 Å². The van der Waals surface area contributed by atoms with Gasteiger partial charge in [-0.1, -0.05) is 56.9 Å². The summed E-state index contributed by atoms with van der Waals surface area (Å²) < 4.78 is 11.4. The number of carbonyl (C=O) groups is 1. The average molecular weight is 337 g/mol. The van der Waals surface area contributed by atoms with Gasteiger partial charge in [-0.25, -0.2) is 4.98 Å². The molecule has 0 bridgehead atoms. The zero-order chi connectivity index (χ0) is 17.5. The van der Waals surface area contributed by atoms with Gasteiger partial charge in [-0.05, 0) is 30.7 Å². The molecule has 1 heterocycles. The largest absolute Gasteiger partial charge is 0.436 e. The van der Waals surface area contributed by atoms with E-state index < -0.39 is 0 Å². The Kier molecular flexibility index (Phi) is 5.83. The van der Waals surface area contributed by atoms with Crippen molar-refractivity contribution < 1.29 is 13.9 Å². The van der Waals surface area contributed by atoms with E-state index in [9.17, 15) is 4.79 Å². The number of hydrogen-bond donors (Lipinski definition) is 0. The lowest BCUT2D eigenvalue weighted by molar-refractivity contribution is -0.134. The van der Waals surface area contributed by atoms with Crippen LogP contribution in [-0.2, 0) is 4.79 Å². The second kappa shape index (κ2) is 8.47. The zero-order valence-electron chi connectivity index (χ0n) is 14.5. The fourth-order valence-corrected chi connectivity index (χ4v) is 2.77. The molecule has 0 amide bonds. The molecule has 0 radical (unpaired) electrons. The summed E-state index contributed by atoms with van der Waals surface area (Å²) >= 11 is 0. The highest BCUT2D eigenvalue weighted by molar-refractivity contribution is 5.79. The molecule has 25 heavy (non-hydrogen) atoms. The van der Waals surface area contributed by atoms with E-state index in [1.807, 2.05) is 42.5 Å². The highest BCUT2D eigenvalue weighted by Crippen LogP contribution is 2.31. The van der Waals surface area contributed by atoms with Crippen molar-refractivity contribution in [1.82, 2.24) is 4.98 Å². The molecule has 0 atom stereocenters. The molecule has 2 aromatic carbocycles. The number of esters is 1. The second-order valence-electron chi connectivity index (χ2n) is 6.12. The number of hydrogen-bond acceptors (Lipinski definition) is 4. The van der Waals surface area contributed by atoms with Crippen molar-refractivity contribution in [2.45, 2.75) is 45.4 Å². The lowest BCUT2D eigenvalue weighted by Gasteiger charge is -2.07. The van der Waals surface area contributed by atoms with Crippen LogP contribution >= 0.6 is 0 Å². The number of para-hydroxylation sites is 3. The van der Waals surface area contributed by atoms with Crippen LogP contribution in [0.2, 0.25) is 0 Å². The average Bonchev–Trinajstić information content (AvgIpc) is 3.06. The Morgan fingerprint density at radius 1 is 1.00 bits per heavy atom. The molecule has 0 spiro atoms. The van der Waals surface area contributed by atoms with Crippen molar-refractivity contribution in [2.75, 3.05) is 0 Å². The van der Waals surface area contributed by atoms with Crippen molar-refractivity contribution in [1.29, 1.82) is 0 Å². The molecular formula is C21H23NO3. The van der Waals surface area contributed by atoms with Gasteiger partial charge in [-0.3, -0.25) is 4.79 Å². The first kappa shape index (κ1) is 17.2. The van der Waals surface area contributed by atoms with E-state index in [2.05, 4.69) is 11.9 Å². The van der Waals surface area contributed by atoms with Crippen LogP contribution in [0.1, 0.15) is 45.4 Å². The van der Waals surface area contributed by atoms with E-state index in [0.717, 1.165) is 23.9 Å². The minimum Gasteiger partial charge on any atom is -0.436 e. The number of nitrogens with zero attached hydrogens (tertiary/aromatic N) is 1. The molecule has 0 saturated heterocycles. The van der Waals surface area contributed by atoms with Crippen LogP contribution < -0.4 is 4.74 Å². The number of carbonyl (C=O) groups excluding carboxylic acids is 1. The Labute approximate surface area is 147 Å². The lowest BCUT2D eigenvalue weighted by Crippen LogP contribution is -2.08. The van der Waals surface area contributed by atoms with Gasteiger partial charge in [0.2, 0.25) is 5.89 Å². The van der Waals surface area contributed by atoms with Crippen LogP contribution in [0.4, 0.5) is 0 Å². The smallest absolute Gasteiger partial charge is 0.311 e. The van der Waals surface area contributed by atoms with Gasteiger partial charge in [0.1, 0.15) is 11.3 Å². The van der Waals surface area contributed by atoms with Crippen molar-refractivity contribution in [2.24, 2.45) is 0 Å². The van der Waals surface area contributed by atoms with E-state index in [4.69, 9.17) is 9.15 Å². The molecule has 4 nitrogen and oxygen atoms in total. The van der Waals surface area contributed by atoms with E-state index in [1.165, 1.54) is 19.3 Å². The molecule has 130 valence electrons. The highest BCUT2D eigenvalue weighted by atomic mass is 16.5. The molecule has 0 fully saturated rings. The molecule has 0 saturated carbocycles. The molecule has 1 aromatic heterocycles. The number of fused-ring (bicyclic) bond motifs is 1. The predicted octanol–water partition coefficient (Wildman–Crippen LogP) is 5.76. The van der Waals surface area contributed by atoms with E-state index >= 15 is 0 Å². The number of aromatic nitrogens is 1. The minimum atomic E-state index is -0.208. The highest BCUT2D eigenvalue weighted by Gasteiger charge is 2.15. The third-order valence-corrected chi connectivity index (χ3v) is 4.12. The molecular weight excluding hydrogens is 314 g/mol. The van der Waals surface area contributed by atoms with Gasteiger partial charge >= 0.3 is 5.97 Å². The van der Waals surface area contributed by atoms with E-state index in [-0.39, 0.29) is 5.97 Å². The Morgan fingerprint density at radius 3 is 2.60 bits per heavy atom. The second-order valence-corrected chi connectivity index (χ2v) is 6.12. The SMILES string of the molecule is CCCCCCCC(=O)Oc1ccccc1-c1nc2ccccc2o1. The van der Waals surface area contributed by atoms with Crippen molar-refractivity contribution in [3.8, 4) is 17.2 Å². The minimum absolute atomic E-state index is 0.208. The number of ether oxygens (including phenoxy) is 1. The molecule has 0 unspecified atom stereocenters. The van der Waals surface area contributed by atoms with Gasteiger partial charge in [-0.2, -0.15) is 0 Å². The summed E-state index contributed by atoms with van der Waals surface area (Å²) in [5.74, 6) is 0.750. The van der Waals surface area contributed by atoms with Gasteiger partial charge in [0.15, 0.2) is 5.58 Å². The summed E-state index contributed by atoms with van der Waals surface area (Å²) in [6.07, 6.45) is 5.95. The number of oxazole rings is 1. The van der Waals surface area contributed by atoms with Crippen LogP contribution in [0.15, 0.2) is 52.9 Å². The first-order valence-electron chi connectivity index (χ1n) is 8.93. The fourth-order valence-electron chi connectivity index (χ4n) is 2.77. The quantitative estimate of drug-likeness (QED) is 0.298. The van der Waals surface area contributed by atoms with Gasteiger partial charge in [0, 0.05) is 6.42 Å². The number of unbranched alkanes of at least 4 members (excludes halogenated alkanes) is 4. The molecule has 0 aliphatic rings. The molecule has 0 aliphatic carbocycles. The lowest BCUT2D eigenvalue weighted by atomic mass is 10.1. The van der Waals surface area contributed by atoms with Crippen LogP contribution in [0.3, 0.4) is 0 Å². The van der Waals surface area contributed by atoms with Gasteiger partial charge in [0.05, 0.1) is 5.56 Å². The predicted molar refractivity (Wildman–Crippen MR) is 98.5 cm³/mol. The van der Waals surface area contributed by atoms with Crippen molar-refractivity contribution in [3.05, 3.63) is 48.5 Å². The maximum atomic E-state index is 12.1. The monoisotopic (exact) mass is 337 g/mol. The maximum absolute atomic E-state index is 12.1. The molecule has 4 heteroatoms. The Bertz CT molecular complexity index is 805.